The molecule has 0 amide bonds. The smallest absolute Gasteiger partial charge is 0.0526 e. The standard InChI is InChI=1S/C14H30N2O/c1-11(9-13(3)17)16-12(2)10-14-7-5-4-6-8-15-14/h11-17H,4-10H2,1-3H3. The second-order valence-corrected chi connectivity index (χ2v) is 5.79. The summed E-state index contributed by atoms with van der Waals surface area (Å²) in [4.78, 5) is 0. The topological polar surface area (TPSA) is 44.3 Å². The van der Waals surface area contributed by atoms with Crippen molar-refractivity contribution in [1.82, 2.24) is 10.6 Å². The Morgan fingerprint density at radius 2 is 1.94 bits per heavy atom. The van der Waals surface area contributed by atoms with Gasteiger partial charge in [-0.2, -0.15) is 0 Å². The van der Waals surface area contributed by atoms with E-state index in [9.17, 15) is 5.11 Å². The van der Waals surface area contributed by atoms with Gasteiger partial charge < -0.3 is 15.7 Å². The summed E-state index contributed by atoms with van der Waals surface area (Å²) in [6.45, 7) is 7.45. The number of aliphatic hydroxyl groups excluding tert-OH is 1. The van der Waals surface area contributed by atoms with Crippen LogP contribution in [-0.2, 0) is 0 Å². The molecule has 0 radical (unpaired) electrons. The predicted molar refractivity (Wildman–Crippen MR) is 73.2 cm³/mol. The lowest BCUT2D eigenvalue weighted by Crippen LogP contribution is -2.41. The van der Waals surface area contributed by atoms with Crippen molar-refractivity contribution in [3.05, 3.63) is 0 Å². The van der Waals surface area contributed by atoms with Crippen molar-refractivity contribution in [2.24, 2.45) is 0 Å². The molecule has 0 aromatic heterocycles. The van der Waals surface area contributed by atoms with Crippen molar-refractivity contribution in [2.75, 3.05) is 6.54 Å². The van der Waals surface area contributed by atoms with Crippen molar-refractivity contribution >= 4 is 0 Å². The van der Waals surface area contributed by atoms with Crippen LogP contribution in [0.1, 0.15) is 59.3 Å². The Hall–Kier alpha value is -0.120. The van der Waals surface area contributed by atoms with Gasteiger partial charge in [-0.3, -0.25) is 0 Å². The van der Waals surface area contributed by atoms with E-state index in [1.165, 1.54) is 38.6 Å². The molecule has 1 saturated heterocycles. The zero-order valence-electron chi connectivity index (χ0n) is 11.7. The van der Waals surface area contributed by atoms with Gasteiger partial charge in [0.2, 0.25) is 0 Å². The molecular weight excluding hydrogens is 212 g/mol. The highest BCUT2D eigenvalue weighted by atomic mass is 16.3. The Morgan fingerprint density at radius 1 is 1.18 bits per heavy atom. The zero-order valence-corrected chi connectivity index (χ0v) is 11.7. The quantitative estimate of drug-likeness (QED) is 0.668. The molecule has 3 N–H and O–H groups in total. The van der Waals surface area contributed by atoms with E-state index in [0.29, 0.717) is 18.1 Å². The Labute approximate surface area is 106 Å². The zero-order chi connectivity index (χ0) is 12.7. The van der Waals surface area contributed by atoms with Crippen LogP contribution in [0.25, 0.3) is 0 Å². The summed E-state index contributed by atoms with van der Waals surface area (Å²) in [6, 6.07) is 1.61. The van der Waals surface area contributed by atoms with Gasteiger partial charge in [0.1, 0.15) is 0 Å². The lowest BCUT2D eigenvalue weighted by Gasteiger charge is -2.25. The van der Waals surface area contributed by atoms with E-state index in [-0.39, 0.29) is 6.10 Å². The van der Waals surface area contributed by atoms with E-state index >= 15 is 0 Å². The van der Waals surface area contributed by atoms with Crippen molar-refractivity contribution < 1.29 is 5.11 Å². The first-order valence-electron chi connectivity index (χ1n) is 7.25. The second-order valence-electron chi connectivity index (χ2n) is 5.79. The molecule has 1 heterocycles. The molecule has 1 fully saturated rings. The maximum absolute atomic E-state index is 9.34. The molecule has 0 saturated carbocycles. The summed E-state index contributed by atoms with van der Waals surface area (Å²) in [7, 11) is 0. The van der Waals surface area contributed by atoms with Crippen molar-refractivity contribution in [3.63, 3.8) is 0 Å². The Kier molecular flexibility index (Phi) is 7.09. The summed E-state index contributed by atoms with van der Waals surface area (Å²) >= 11 is 0. The van der Waals surface area contributed by atoms with Crippen LogP contribution in [0.2, 0.25) is 0 Å². The molecule has 0 spiro atoms. The predicted octanol–water partition coefficient (Wildman–Crippen LogP) is 2.05. The Bertz CT molecular complexity index is 189. The molecule has 3 heteroatoms. The number of hydrogen-bond donors (Lipinski definition) is 3. The molecule has 1 aliphatic rings. The molecule has 102 valence electrons. The third-order valence-corrected chi connectivity index (χ3v) is 3.56. The van der Waals surface area contributed by atoms with Gasteiger partial charge in [-0.25, -0.2) is 0 Å². The normalized spacial score (nSPS) is 27.2. The van der Waals surface area contributed by atoms with E-state index in [0.717, 1.165) is 6.42 Å². The second kappa shape index (κ2) is 8.06. The third kappa shape index (κ3) is 7.02. The molecule has 1 rings (SSSR count). The lowest BCUT2D eigenvalue weighted by molar-refractivity contribution is 0.167. The Morgan fingerprint density at radius 3 is 2.65 bits per heavy atom. The fourth-order valence-electron chi connectivity index (χ4n) is 2.86. The summed E-state index contributed by atoms with van der Waals surface area (Å²) in [5, 5.41) is 16.6. The average Bonchev–Trinajstić information content (AvgIpc) is 2.44. The lowest BCUT2D eigenvalue weighted by atomic mass is 10.0. The van der Waals surface area contributed by atoms with Crippen LogP contribution < -0.4 is 10.6 Å². The van der Waals surface area contributed by atoms with Crippen LogP contribution in [0.4, 0.5) is 0 Å². The van der Waals surface area contributed by atoms with E-state index < -0.39 is 0 Å². The molecule has 3 nitrogen and oxygen atoms in total. The van der Waals surface area contributed by atoms with Crippen LogP contribution in [0.3, 0.4) is 0 Å². The molecule has 17 heavy (non-hydrogen) atoms. The van der Waals surface area contributed by atoms with Gasteiger partial charge in [0, 0.05) is 18.1 Å². The van der Waals surface area contributed by atoms with Gasteiger partial charge in [0.15, 0.2) is 0 Å². The number of aliphatic hydroxyl groups is 1. The molecule has 0 aliphatic carbocycles. The van der Waals surface area contributed by atoms with Gasteiger partial charge >= 0.3 is 0 Å². The molecule has 4 atom stereocenters. The van der Waals surface area contributed by atoms with Crippen LogP contribution in [0.15, 0.2) is 0 Å². The molecule has 0 bridgehead atoms. The SMILES string of the molecule is CC(O)CC(C)NC(C)CC1CCCCCN1. The van der Waals surface area contributed by atoms with E-state index in [4.69, 9.17) is 0 Å². The van der Waals surface area contributed by atoms with Gasteiger partial charge in [0.25, 0.3) is 0 Å². The van der Waals surface area contributed by atoms with Gasteiger partial charge in [0.05, 0.1) is 6.10 Å². The fourth-order valence-corrected chi connectivity index (χ4v) is 2.86. The first-order valence-corrected chi connectivity index (χ1v) is 7.25. The third-order valence-electron chi connectivity index (χ3n) is 3.56. The van der Waals surface area contributed by atoms with E-state index in [1.54, 1.807) is 0 Å². The van der Waals surface area contributed by atoms with Crippen LogP contribution in [0, 0.1) is 0 Å². The molecular formula is C14H30N2O. The van der Waals surface area contributed by atoms with Crippen molar-refractivity contribution in [3.8, 4) is 0 Å². The van der Waals surface area contributed by atoms with Gasteiger partial charge in [-0.1, -0.05) is 12.8 Å². The monoisotopic (exact) mass is 242 g/mol. The molecule has 0 aromatic carbocycles. The largest absolute Gasteiger partial charge is 0.393 e. The molecule has 1 aliphatic heterocycles. The Balaban J connectivity index is 2.20. The first kappa shape index (κ1) is 14.9. The average molecular weight is 242 g/mol. The molecule has 4 unspecified atom stereocenters. The summed E-state index contributed by atoms with van der Waals surface area (Å²) in [6.07, 6.45) is 7.22. The number of nitrogens with one attached hydrogen (secondary N) is 2. The van der Waals surface area contributed by atoms with Crippen molar-refractivity contribution in [1.29, 1.82) is 0 Å². The molecule has 0 aromatic rings. The highest BCUT2D eigenvalue weighted by Crippen LogP contribution is 2.13. The maximum atomic E-state index is 9.34. The first-order chi connectivity index (χ1) is 8.08. The fraction of sp³-hybridized carbons (Fsp3) is 1.00. The highest BCUT2D eigenvalue weighted by molar-refractivity contribution is 4.78. The van der Waals surface area contributed by atoms with Gasteiger partial charge in [-0.15, -0.1) is 0 Å². The summed E-state index contributed by atoms with van der Waals surface area (Å²) in [5.41, 5.74) is 0. The minimum atomic E-state index is -0.208. The van der Waals surface area contributed by atoms with Crippen LogP contribution >= 0.6 is 0 Å². The van der Waals surface area contributed by atoms with E-state index in [1.807, 2.05) is 6.92 Å². The summed E-state index contributed by atoms with van der Waals surface area (Å²) < 4.78 is 0. The van der Waals surface area contributed by atoms with Crippen LogP contribution in [-0.4, -0.2) is 35.9 Å². The minimum Gasteiger partial charge on any atom is -0.393 e. The number of rotatable bonds is 6. The highest BCUT2D eigenvalue weighted by Gasteiger charge is 2.16. The van der Waals surface area contributed by atoms with Crippen LogP contribution in [0.5, 0.6) is 0 Å². The van der Waals surface area contributed by atoms with Crippen molar-refractivity contribution in [2.45, 2.75) is 83.5 Å². The minimum absolute atomic E-state index is 0.208. The number of hydrogen-bond acceptors (Lipinski definition) is 3. The van der Waals surface area contributed by atoms with E-state index in [2.05, 4.69) is 24.5 Å². The van der Waals surface area contributed by atoms with Gasteiger partial charge in [-0.05, 0) is 53.0 Å². The summed E-state index contributed by atoms with van der Waals surface area (Å²) in [5.74, 6) is 0. The maximum Gasteiger partial charge on any atom is 0.0526 e.